The molecule has 2 aromatic carbocycles. The van der Waals surface area contributed by atoms with Crippen LogP contribution in [0.1, 0.15) is 26.3 Å². The minimum Gasteiger partial charge on any atom is -0.497 e. The third-order valence-electron chi connectivity index (χ3n) is 4.79. The number of benzene rings is 2. The Hall–Kier alpha value is -3.94. The minimum atomic E-state index is -0.534. The standard InChI is InChI=1S/C21H17N3O5/c1-29-14-7-6-12-8-13(19(26)23-17(12)9-14)10-22-18(25)11-24-20(27)15-4-2-3-5-16(15)21(24)28/h2-9H,10-11H2,1H3,(H,22,25)(H,23,26). The maximum absolute atomic E-state index is 12.3. The molecule has 1 aliphatic heterocycles. The molecule has 29 heavy (non-hydrogen) atoms. The normalized spacial score (nSPS) is 12.9. The van der Waals surface area contributed by atoms with Crippen molar-refractivity contribution in [2.75, 3.05) is 13.7 Å². The second-order valence-corrected chi connectivity index (χ2v) is 6.60. The van der Waals surface area contributed by atoms with Gasteiger partial charge in [-0.15, -0.1) is 0 Å². The zero-order valence-corrected chi connectivity index (χ0v) is 15.5. The molecule has 0 atom stereocenters. The van der Waals surface area contributed by atoms with Gasteiger partial charge in [0, 0.05) is 18.2 Å². The van der Waals surface area contributed by atoms with Crippen molar-refractivity contribution in [3.63, 3.8) is 0 Å². The molecule has 0 spiro atoms. The fraction of sp³-hybridized carbons (Fsp3) is 0.143. The number of nitrogens with zero attached hydrogens (tertiary/aromatic N) is 1. The minimum absolute atomic E-state index is 0.0285. The van der Waals surface area contributed by atoms with Gasteiger partial charge < -0.3 is 15.0 Å². The summed E-state index contributed by atoms with van der Waals surface area (Å²) in [4.78, 5) is 52.9. The van der Waals surface area contributed by atoms with Crippen LogP contribution < -0.4 is 15.6 Å². The van der Waals surface area contributed by atoms with Crippen molar-refractivity contribution in [2.24, 2.45) is 0 Å². The molecule has 0 saturated carbocycles. The average molecular weight is 391 g/mol. The molecule has 4 rings (SSSR count). The third kappa shape index (κ3) is 3.36. The lowest BCUT2D eigenvalue weighted by Crippen LogP contribution is -2.40. The van der Waals surface area contributed by atoms with Crippen LogP contribution in [0.5, 0.6) is 5.75 Å². The van der Waals surface area contributed by atoms with E-state index >= 15 is 0 Å². The van der Waals surface area contributed by atoms with Gasteiger partial charge in [-0.1, -0.05) is 12.1 Å². The zero-order valence-electron chi connectivity index (χ0n) is 15.5. The molecular weight excluding hydrogens is 374 g/mol. The monoisotopic (exact) mass is 391 g/mol. The molecule has 0 fully saturated rings. The first-order valence-electron chi connectivity index (χ1n) is 8.90. The number of hydrogen-bond donors (Lipinski definition) is 2. The SMILES string of the molecule is COc1ccc2cc(CNC(=O)CN3C(=O)c4ccccc4C3=O)c(=O)[nH]c2c1. The van der Waals surface area contributed by atoms with Gasteiger partial charge in [0.15, 0.2) is 0 Å². The largest absolute Gasteiger partial charge is 0.497 e. The van der Waals surface area contributed by atoms with Gasteiger partial charge in [-0.3, -0.25) is 24.1 Å². The number of nitrogens with one attached hydrogen (secondary N) is 2. The highest BCUT2D eigenvalue weighted by Gasteiger charge is 2.36. The van der Waals surface area contributed by atoms with Crippen LogP contribution >= 0.6 is 0 Å². The Kier molecular flexibility index (Phi) is 4.59. The quantitative estimate of drug-likeness (QED) is 0.640. The van der Waals surface area contributed by atoms with Gasteiger partial charge in [0.05, 0.1) is 23.8 Å². The maximum Gasteiger partial charge on any atom is 0.262 e. The Labute approximate surface area is 165 Å². The van der Waals surface area contributed by atoms with Crippen LogP contribution in [0, 0.1) is 0 Å². The molecule has 8 nitrogen and oxygen atoms in total. The number of ether oxygens (including phenoxy) is 1. The molecule has 3 aromatic rings. The van der Waals surface area contributed by atoms with Crippen LogP contribution in [0.4, 0.5) is 0 Å². The van der Waals surface area contributed by atoms with E-state index in [1.54, 1.807) is 48.5 Å². The molecule has 0 radical (unpaired) electrons. The summed E-state index contributed by atoms with van der Waals surface area (Å²) in [5.41, 5.74) is 1.21. The Morgan fingerprint density at radius 1 is 1.03 bits per heavy atom. The Balaban J connectivity index is 1.45. The molecule has 3 amide bonds. The Morgan fingerprint density at radius 2 is 1.72 bits per heavy atom. The number of methoxy groups -OCH3 is 1. The van der Waals surface area contributed by atoms with Crippen molar-refractivity contribution in [1.29, 1.82) is 0 Å². The molecule has 2 N–H and O–H groups in total. The van der Waals surface area contributed by atoms with Crippen molar-refractivity contribution in [3.8, 4) is 5.75 Å². The smallest absolute Gasteiger partial charge is 0.262 e. The van der Waals surface area contributed by atoms with Crippen molar-refractivity contribution >= 4 is 28.6 Å². The number of aromatic nitrogens is 1. The summed E-state index contributed by atoms with van der Waals surface area (Å²) in [5.74, 6) is -0.916. The van der Waals surface area contributed by atoms with Crippen LogP contribution in [0.25, 0.3) is 10.9 Å². The Bertz CT molecular complexity index is 1180. The highest BCUT2D eigenvalue weighted by Crippen LogP contribution is 2.22. The second-order valence-electron chi connectivity index (χ2n) is 6.60. The highest BCUT2D eigenvalue weighted by atomic mass is 16.5. The summed E-state index contributed by atoms with van der Waals surface area (Å²) in [6.07, 6.45) is 0. The number of aromatic amines is 1. The van der Waals surface area contributed by atoms with Crippen molar-refractivity contribution in [3.05, 3.63) is 75.6 Å². The van der Waals surface area contributed by atoms with E-state index in [1.807, 2.05) is 0 Å². The number of carbonyl (C=O) groups is 3. The van der Waals surface area contributed by atoms with E-state index < -0.39 is 24.3 Å². The molecule has 1 aromatic heterocycles. The number of pyridine rings is 1. The van der Waals surface area contributed by atoms with Gasteiger partial charge in [0.1, 0.15) is 12.3 Å². The number of hydrogen-bond acceptors (Lipinski definition) is 5. The molecule has 8 heteroatoms. The summed E-state index contributed by atoms with van der Waals surface area (Å²) in [5, 5.41) is 3.38. The van der Waals surface area contributed by atoms with E-state index in [-0.39, 0.29) is 23.2 Å². The molecule has 2 heterocycles. The molecule has 0 unspecified atom stereocenters. The summed E-state index contributed by atoms with van der Waals surface area (Å²) < 4.78 is 5.14. The zero-order chi connectivity index (χ0) is 20.5. The van der Waals surface area contributed by atoms with Gasteiger partial charge in [-0.2, -0.15) is 0 Å². The first-order valence-corrected chi connectivity index (χ1v) is 8.90. The molecular formula is C21H17N3O5. The van der Waals surface area contributed by atoms with Gasteiger partial charge in [0.2, 0.25) is 5.91 Å². The predicted octanol–water partition coefficient (Wildman–Crippen LogP) is 1.45. The predicted molar refractivity (Wildman–Crippen MR) is 105 cm³/mol. The number of fused-ring (bicyclic) bond motifs is 2. The summed E-state index contributed by atoms with van der Waals surface area (Å²) in [6.45, 7) is -0.436. The lowest BCUT2D eigenvalue weighted by atomic mass is 10.1. The summed E-state index contributed by atoms with van der Waals surface area (Å²) in [6, 6.07) is 13.4. The van der Waals surface area contributed by atoms with Crippen molar-refractivity contribution in [2.45, 2.75) is 6.54 Å². The maximum atomic E-state index is 12.3. The molecule has 1 aliphatic rings. The van der Waals surface area contributed by atoms with E-state index in [0.29, 0.717) is 16.8 Å². The van der Waals surface area contributed by atoms with Crippen molar-refractivity contribution in [1.82, 2.24) is 15.2 Å². The second kappa shape index (κ2) is 7.23. The number of carbonyl (C=O) groups excluding carboxylic acids is 3. The van der Waals surface area contributed by atoms with E-state index in [9.17, 15) is 19.2 Å². The van der Waals surface area contributed by atoms with E-state index in [1.165, 1.54) is 7.11 Å². The number of imide groups is 1. The van der Waals surface area contributed by atoms with Crippen LogP contribution in [0.3, 0.4) is 0 Å². The average Bonchev–Trinajstić information content (AvgIpc) is 2.97. The van der Waals surface area contributed by atoms with Gasteiger partial charge in [-0.05, 0) is 35.7 Å². The summed E-state index contributed by atoms with van der Waals surface area (Å²) >= 11 is 0. The number of amides is 3. The Morgan fingerprint density at radius 3 is 2.38 bits per heavy atom. The topological polar surface area (TPSA) is 109 Å². The van der Waals surface area contributed by atoms with Crippen LogP contribution in [-0.4, -0.2) is 41.3 Å². The first kappa shape index (κ1) is 18.4. The third-order valence-corrected chi connectivity index (χ3v) is 4.79. The number of H-pyrrole nitrogens is 1. The molecule has 0 saturated heterocycles. The first-order chi connectivity index (χ1) is 14.0. The van der Waals surface area contributed by atoms with Crippen LogP contribution in [-0.2, 0) is 11.3 Å². The fourth-order valence-corrected chi connectivity index (χ4v) is 3.26. The van der Waals surface area contributed by atoms with Crippen LogP contribution in [0.2, 0.25) is 0 Å². The number of rotatable bonds is 5. The fourth-order valence-electron chi connectivity index (χ4n) is 3.26. The van der Waals surface area contributed by atoms with Gasteiger partial charge >= 0.3 is 0 Å². The van der Waals surface area contributed by atoms with Gasteiger partial charge in [0.25, 0.3) is 17.4 Å². The van der Waals surface area contributed by atoms with E-state index in [4.69, 9.17) is 4.74 Å². The lowest BCUT2D eigenvalue weighted by Gasteiger charge is -2.13. The van der Waals surface area contributed by atoms with Crippen molar-refractivity contribution < 1.29 is 19.1 Å². The van der Waals surface area contributed by atoms with Crippen LogP contribution in [0.15, 0.2) is 53.3 Å². The summed E-state index contributed by atoms with van der Waals surface area (Å²) in [7, 11) is 1.54. The van der Waals surface area contributed by atoms with E-state index in [0.717, 1.165) is 10.3 Å². The molecule has 146 valence electrons. The van der Waals surface area contributed by atoms with Gasteiger partial charge in [-0.25, -0.2) is 0 Å². The highest BCUT2D eigenvalue weighted by molar-refractivity contribution is 6.22. The molecule has 0 aliphatic carbocycles. The lowest BCUT2D eigenvalue weighted by molar-refractivity contribution is -0.121. The molecule has 0 bridgehead atoms. The van der Waals surface area contributed by atoms with E-state index in [2.05, 4.69) is 10.3 Å².